The summed E-state index contributed by atoms with van der Waals surface area (Å²) in [6.07, 6.45) is 4.85. The van der Waals surface area contributed by atoms with E-state index in [-0.39, 0.29) is 5.97 Å². The quantitative estimate of drug-likeness (QED) is 0.575. The fourth-order valence-electron chi connectivity index (χ4n) is 2.46. The average molecular weight is 230 g/mol. The second-order valence-electron chi connectivity index (χ2n) is 4.38. The summed E-state index contributed by atoms with van der Waals surface area (Å²) in [5.41, 5.74) is 4.99. The van der Waals surface area contributed by atoms with Gasteiger partial charge in [-0.15, -0.1) is 0 Å². The Balaban J connectivity index is 2.37. The lowest BCUT2D eigenvalue weighted by molar-refractivity contribution is -0.137. The average Bonchev–Trinajstić information content (AvgIpc) is 2.29. The molecular formula is C15H18O2. The van der Waals surface area contributed by atoms with Gasteiger partial charge in [-0.05, 0) is 55.4 Å². The summed E-state index contributed by atoms with van der Waals surface area (Å²) in [5, 5.41) is 0. The van der Waals surface area contributed by atoms with Crippen LogP contribution in [0, 0.1) is 6.92 Å². The van der Waals surface area contributed by atoms with E-state index in [1.54, 1.807) is 6.08 Å². The second kappa shape index (κ2) is 5.17. The van der Waals surface area contributed by atoms with Crippen LogP contribution in [0.4, 0.5) is 0 Å². The van der Waals surface area contributed by atoms with Crippen LogP contribution in [-0.2, 0) is 16.0 Å². The molecule has 0 saturated carbocycles. The van der Waals surface area contributed by atoms with Gasteiger partial charge < -0.3 is 4.74 Å². The highest BCUT2D eigenvalue weighted by molar-refractivity contribution is 5.92. The van der Waals surface area contributed by atoms with Gasteiger partial charge >= 0.3 is 5.97 Å². The van der Waals surface area contributed by atoms with Crippen LogP contribution in [0.3, 0.4) is 0 Å². The number of allylic oxidation sites excluding steroid dienone is 1. The van der Waals surface area contributed by atoms with Crippen LogP contribution >= 0.6 is 0 Å². The van der Waals surface area contributed by atoms with E-state index in [2.05, 4.69) is 25.1 Å². The number of benzene rings is 1. The van der Waals surface area contributed by atoms with Crippen LogP contribution in [0.2, 0.25) is 0 Å². The largest absolute Gasteiger partial charge is 0.463 e. The topological polar surface area (TPSA) is 26.3 Å². The molecule has 0 bridgehead atoms. The van der Waals surface area contributed by atoms with E-state index in [1.807, 2.05) is 6.92 Å². The van der Waals surface area contributed by atoms with Crippen LogP contribution in [0.15, 0.2) is 24.3 Å². The molecule has 1 aliphatic rings. The van der Waals surface area contributed by atoms with Crippen molar-refractivity contribution in [1.82, 2.24) is 0 Å². The van der Waals surface area contributed by atoms with Gasteiger partial charge in [0.1, 0.15) is 0 Å². The van der Waals surface area contributed by atoms with Crippen LogP contribution in [0.5, 0.6) is 0 Å². The van der Waals surface area contributed by atoms with Gasteiger partial charge in [-0.25, -0.2) is 4.79 Å². The minimum Gasteiger partial charge on any atom is -0.463 e. The number of hydrogen-bond donors (Lipinski definition) is 0. The number of aryl methyl sites for hydroxylation is 2. The van der Waals surface area contributed by atoms with Gasteiger partial charge in [-0.3, -0.25) is 0 Å². The molecule has 90 valence electrons. The zero-order valence-electron chi connectivity index (χ0n) is 10.5. The Morgan fingerprint density at radius 1 is 1.41 bits per heavy atom. The van der Waals surface area contributed by atoms with Gasteiger partial charge in [0.15, 0.2) is 0 Å². The number of ether oxygens (including phenoxy) is 1. The molecule has 0 aliphatic heterocycles. The van der Waals surface area contributed by atoms with E-state index in [9.17, 15) is 4.79 Å². The van der Waals surface area contributed by atoms with Gasteiger partial charge in [0.25, 0.3) is 0 Å². The molecule has 0 heterocycles. The summed E-state index contributed by atoms with van der Waals surface area (Å²) in [7, 11) is 0. The minimum absolute atomic E-state index is 0.224. The molecule has 17 heavy (non-hydrogen) atoms. The van der Waals surface area contributed by atoms with E-state index in [1.165, 1.54) is 16.7 Å². The molecule has 0 unspecified atom stereocenters. The van der Waals surface area contributed by atoms with E-state index in [0.717, 1.165) is 24.8 Å². The van der Waals surface area contributed by atoms with Crippen molar-refractivity contribution in [2.45, 2.75) is 33.1 Å². The zero-order chi connectivity index (χ0) is 12.3. The van der Waals surface area contributed by atoms with Crippen molar-refractivity contribution >= 4 is 11.5 Å². The van der Waals surface area contributed by atoms with Crippen molar-refractivity contribution in [3.63, 3.8) is 0 Å². The van der Waals surface area contributed by atoms with Crippen molar-refractivity contribution < 1.29 is 9.53 Å². The SMILES string of the molecule is CCOC(=O)/C=C1\CCCc2cccc(C)c21. The fourth-order valence-corrected chi connectivity index (χ4v) is 2.46. The Hall–Kier alpha value is -1.57. The fraction of sp³-hybridized carbons (Fsp3) is 0.400. The predicted octanol–water partition coefficient (Wildman–Crippen LogP) is 3.28. The molecule has 2 rings (SSSR count). The molecule has 0 amide bonds. The maximum Gasteiger partial charge on any atom is 0.331 e. The molecule has 1 aromatic carbocycles. The number of esters is 1. The lowest BCUT2D eigenvalue weighted by atomic mass is 9.84. The third kappa shape index (κ3) is 2.57. The van der Waals surface area contributed by atoms with Crippen LogP contribution in [0.1, 0.15) is 36.5 Å². The highest BCUT2D eigenvalue weighted by Gasteiger charge is 2.16. The first-order chi connectivity index (χ1) is 8.22. The number of carbonyl (C=O) groups excluding carboxylic acids is 1. The third-order valence-electron chi connectivity index (χ3n) is 3.15. The number of rotatable bonds is 2. The lowest BCUT2D eigenvalue weighted by Crippen LogP contribution is -2.07. The molecule has 1 aliphatic carbocycles. The summed E-state index contributed by atoms with van der Waals surface area (Å²) < 4.78 is 4.98. The monoisotopic (exact) mass is 230 g/mol. The Morgan fingerprint density at radius 2 is 2.24 bits per heavy atom. The molecule has 0 N–H and O–H groups in total. The number of fused-ring (bicyclic) bond motifs is 1. The number of hydrogen-bond acceptors (Lipinski definition) is 2. The molecule has 0 aromatic heterocycles. The summed E-state index contributed by atoms with van der Waals surface area (Å²) in [6.45, 7) is 4.36. The standard InChI is InChI=1S/C15H18O2/c1-3-17-14(16)10-13-9-5-8-12-7-4-6-11(2)15(12)13/h4,6-7,10H,3,5,8-9H2,1-2H3/b13-10+. The maximum absolute atomic E-state index is 11.5. The highest BCUT2D eigenvalue weighted by Crippen LogP contribution is 2.32. The molecule has 1 aromatic rings. The van der Waals surface area contributed by atoms with E-state index in [4.69, 9.17) is 4.74 Å². The van der Waals surface area contributed by atoms with E-state index < -0.39 is 0 Å². The summed E-state index contributed by atoms with van der Waals surface area (Å²) in [5.74, 6) is -0.224. The lowest BCUT2D eigenvalue weighted by Gasteiger charge is -2.20. The molecule has 0 saturated heterocycles. The maximum atomic E-state index is 11.5. The summed E-state index contributed by atoms with van der Waals surface area (Å²) >= 11 is 0. The minimum atomic E-state index is -0.224. The molecular weight excluding hydrogens is 212 g/mol. The Labute approximate surface area is 102 Å². The van der Waals surface area contributed by atoms with Gasteiger partial charge in [-0.2, -0.15) is 0 Å². The first-order valence-electron chi connectivity index (χ1n) is 6.18. The number of carbonyl (C=O) groups is 1. The molecule has 2 nitrogen and oxygen atoms in total. The van der Waals surface area contributed by atoms with Gasteiger partial charge in [0.2, 0.25) is 0 Å². The third-order valence-corrected chi connectivity index (χ3v) is 3.15. The Morgan fingerprint density at radius 3 is 3.00 bits per heavy atom. The van der Waals surface area contributed by atoms with Crippen molar-refractivity contribution in [2.24, 2.45) is 0 Å². The summed E-state index contributed by atoms with van der Waals surface area (Å²) in [6, 6.07) is 6.34. The molecule has 0 radical (unpaired) electrons. The van der Waals surface area contributed by atoms with Crippen molar-refractivity contribution in [3.05, 3.63) is 41.0 Å². The molecule has 0 spiro atoms. The first-order valence-corrected chi connectivity index (χ1v) is 6.18. The van der Waals surface area contributed by atoms with Crippen molar-refractivity contribution in [2.75, 3.05) is 6.61 Å². The van der Waals surface area contributed by atoms with E-state index in [0.29, 0.717) is 6.61 Å². The Kier molecular flexibility index (Phi) is 3.62. The van der Waals surface area contributed by atoms with Crippen LogP contribution in [-0.4, -0.2) is 12.6 Å². The second-order valence-corrected chi connectivity index (χ2v) is 4.38. The molecule has 0 fully saturated rings. The van der Waals surface area contributed by atoms with Gasteiger partial charge in [0.05, 0.1) is 6.61 Å². The Bertz CT molecular complexity index is 458. The highest BCUT2D eigenvalue weighted by atomic mass is 16.5. The van der Waals surface area contributed by atoms with Crippen molar-refractivity contribution in [3.8, 4) is 0 Å². The zero-order valence-corrected chi connectivity index (χ0v) is 10.5. The molecule has 2 heteroatoms. The molecule has 0 atom stereocenters. The smallest absolute Gasteiger partial charge is 0.331 e. The first kappa shape index (κ1) is 11.9. The van der Waals surface area contributed by atoms with Crippen LogP contribution in [0.25, 0.3) is 5.57 Å². The van der Waals surface area contributed by atoms with Gasteiger partial charge in [-0.1, -0.05) is 18.2 Å². The predicted molar refractivity (Wildman–Crippen MR) is 68.7 cm³/mol. The van der Waals surface area contributed by atoms with Crippen molar-refractivity contribution in [1.29, 1.82) is 0 Å². The van der Waals surface area contributed by atoms with Crippen LogP contribution < -0.4 is 0 Å². The van der Waals surface area contributed by atoms with E-state index >= 15 is 0 Å². The normalized spacial score (nSPS) is 16.7. The summed E-state index contributed by atoms with van der Waals surface area (Å²) in [4.78, 5) is 11.5. The van der Waals surface area contributed by atoms with Gasteiger partial charge in [0, 0.05) is 6.08 Å².